The van der Waals surface area contributed by atoms with Crippen LogP contribution in [0.5, 0.6) is 0 Å². The molecular weight excluding hydrogens is 352 g/mol. The highest BCUT2D eigenvalue weighted by molar-refractivity contribution is 7.12. The van der Waals surface area contributed by atoms with E-state index < -0.39 is 0 Å². The maximum Gasteiger partial charge on any atom is 0.264 e. The van der Waals surface area contributed by atoms with E-state index in [2.05, 4.69) is 60.7 Å². The van der Waals surface area contributed by atoms with Gasteiger partial charge in [-0.1, -0.05) is 60.7 Å². The summed E-state index contributed by atoms with van der Waals surface area (Å²) in [4.78, 5) is 17.3. The molecule has 2 aromatic carbocycles. The van der Waals surface area contributed by atoms with Crippen LogP contribution in [0.25, 0.3) is 0 Å². The van der Waals surface area contributed by atoms with Gasteiger partial charge in [-0.3, -0.25) is 4.79 Å². The molecule has 0 unspecified atom stereocenters. The van der Waals surface area contributed by atoms with Gasteiger partial charge in [0.05, 0.1) is 31.1 Å². The molecule has 0 radical (unpaired) electrons. The molecule has 0 aliphatic carbocycles. The number of rotatable bonds is 4. The van der Waals surface area contributed by atoms with Gasteiger partial charge in [-0.25, -0.2) is 0 Å². The van der Waals surface area contributed by atoms with Gasteiger partial charge >= 0.3 is 0 Å². The summed E-state index contributed by atoms with van der Waals surface area (Å²) in [6, 6.07) is 23.8. The number of piperazine rings is 1. The van der Waals surface area contributed by atoms with Crippen LogP contribution in [0.15, 0.2) is 72.1 Å². The van der Waals surface area contributed by atoms with E-state index in [-0.39, 0.29) is 5.91 Å². The molecule has 1 fully saturated rings. The van der Waals surface area contributed by atoms with Crippen LogP contribution in [0.2, 0.25) is 0 Å². The minimum absolute atomic E-state index is 0.192. The topological polar surface area (TPSA) is 24.8 Å². The number of carbonyl (C=O) groups excluding carboxylic acids is 1. The first-order chi connectivity index (χ1) is 13.2. The van der Waals surface area contributed by atoms with Gasteiger partial charge in [-0.05, 0) is 23.9 Å². The maximum absolute atomic E-state index is 12.8. The normalized spacial score (nSPS) is 15.3. The Morgan fingerprint density at radius 2 is 1.48 bits per heavy atom. The molecule has 1 saturated heterocycles. The molecule has 1 N–H and O–H groups in total. The Bertz CT molecular complexity index is 844. The Morgan fingerprint density at radius 3 is 1.96 bits per heavy atom. The first-order valence-electron chi connectivity index (χ1n) is 9.52. The van der Waals surface area contributed by atoms with Gasteiger partial charge < -0.3 is 9.80 Å². The molecule has 0 saturated carbocycles. The Balaban J connectivity index is 1.52. The summed E-state index contributed by atoms with van der Waals surface area (Å²) < 4.78 is 0. The van der Waals surface area contributed by atoms with Crippen LogP contribution in [0.1, 0.15) is 32.4 Å². The lowest BCUT2D eigenvalue weighted by Gasteiger charge is -2.37. The molecule has 1 amide bonds. The van der Waals surface area contributed by atoms with Gasteiger partial charge in [0.2, 0.25) is 0 Å². The molecule has 3 aromatic rings. The number of hydrogen-bond acceptors (Lipinski definition) is 2. The zero-order valence-corrected chi connectivity index (χ0v) is 16.4. The number of benzene rings is 2. The first kappa shape index (κ1) is 18.0. The van der Waals surface area contributed by atoms with Gasteiger partial charge in [-0.2, -0.15) is 0 Å². The number of carbonyl (C=O) groups is 1. The number of nitrogens with one attached hydrogen (secondary N) is 1. The minimum Gasteiger partial charge on any atom is -0.327 e. The summed E-state index contributed by atoms with van der Waals surface area (Å²) >= 11 is 1.55. The van der Waals surface area contributed by atoms with E-state index in [1.807, 2.05) is 23.3 Å². The summed E-state index contributed by atoms with van der Waals surface area (Å²) in [5, 5.41) is 2.00. The monoisotopic (exact) mass is 377 g/mol. The summed E-state index contributed by atoms with van der Waals surface area (Å²) in [6.45, 7) is 5.56. The van der Waals surface area contributed by atoms with Crippen molar-refractivity contribution >= 4 is 17.2 Å². The van der Waals surface area contributed by atoms with Crippen LogP contribution < -0.4 is 4.90 Å². The predicted molar refractivity (Wildman–Crippen MR) is 110 cm³/mol. The lowest BCUT2D eigenvalue weighted by Crippen LogP contribution is -3.15. The zero-order valence-electron chi connectivity index (χ0n) is 15.6. The molecule has 1 aliphatic rings. The fourth-order valence-corrected chi connectivity index (χ4v) is 4.87. The first-order valence-corrected chi connectivity index (χ1v) is 10.4. The molecule has 2 heterocycles. The van der Waals surface area contributed by atoms with E-state index in [4.69, 9.17) is 0 Å². The Hall–Kier alpha value is -2.43. The Kier molecular flexibility index (Phi) is 5.37. The highest BCUT2D eigenvalue weighted by Gasteiger charge is 2.32. The number of thiophene rings is 1. The SMILES string of the molecule is Cc1ccsc1C(=O)N1CC[NH+](C(c2ccccc2)c2ccccc2)CC1. The van der Waals surface area contributed by atoms with E-state index >= 15 is 0 Å². The van der Waals surface area contributed by atoms with E-state index in [0.29, 0.717) is 6.04 Å². The highest BCUT2D eigenvalue weighted by atomic mass is 32.1. The summed E-state index contributed by atoms with van der Waals surface area (Å²) in [5.74, 6) is 0.192. The third-order valence-electron chi connectivity index (χ3n) is 5.42. The standard InChI is InChI=1S/C23H24N2OS/c1-18-12-17-27-22(18)23(26)25-15-13-24(14-16-25)21(19-8-4-2-5-9-19)20-10-6-3-7-11-20/h2-12,17,21H,13-16H2,1H3/p+1. The molecule has 138 valence electrons. The van der Waals surface area contributed by atoms with Crippen molar-refractivity contribution in [3.63, 3.8) is 0 Å². The second-order valence-corrected chi connectivity index (χ2v) is 8.05. The number of quaternary nitrogens is 1. The van der Waals surface area contributed by atoms with Crippen LogP contribution in [-0.2, 0) is 0 Å². The second kappa shape index (κ2) is 8.07. The molecule has 4 rings (SSSR count). The van der Waals surface area contributed by atoms with Crippen LogP contribution in [-0.4, -0.2) is 37.0 Å². The molecule has 27 heavy (non-hydrogen) atoms. The third kappa shape index (κ3) is 3.82. The van der Waals surface area contributed by atoms with Crippen molar-refractivity contribution < 1.29 is 9.69 Å². The van der Waals surface area contributed by atoms with E-state index in [0.717, 1.165) is 36.6 Å². The minimum atomic E-state index is 0.192. The summed E-state index contributed by atoms with van der Waals surface area (Å²) in [6.07, 6.45) is 0. The van der Waals surface area contributed by atoms with Crippen molar-refractivity contribution in [2.45, 2.75) is 13.0 Å². The van der Waals surface area contributed by atoms with E-state index in [1.54, 1.807) is 11.3 Å². The number of nitrogens with zero attached hydrogens (tertiary/aromatic N) is 1. The Morgan fingerprint density at radius 1 is 0.926 bits per heavy atom. The van der Waals surface area contributed by atoms with Gasteiger partial charge in [0, 0.05) is 11.1 Å². The van der Waals surface area contributed by atoms with Crippen molar-refractivity contribution in [1.82, 2.24) is 4.90 Å². The molecule has 0 atom stereocenters. The van der Waals surface area contributed by atoms with Gasteiger partial charge in [0.1, 0.15) is 6.04 Å². The molecule has 3 nitrogen and oxygen atoms in total. The average molecular weight is 378 g/mol. The van der Waals surface area contributed by atoms with Crippen LogP contribution in [0.4, 0.5) is 0 Å². The average Bonchev–Trinajstić information content (AvgIpc) is 3.16. The van der Waals surface area contributed by atoms with Crippen molar-refractivity contribution in [2.24, 2.45) is 0 Å². The van der Waals surface area contributed by atoms with Crippen LogP contribution in [0, 0.1) is 6.92 Å². The van der Waals surface area contributed by atoms with E-state index in [1.165, 1.54) is 16.0 Å². The van der Waals surface area contributed by atoms with Crippen molar-refractivity contribution in [2.75, 3.05) is 26.2 Å². The third-order valence-corrected chi connectivity index (χ3v) is 6.43. The largest absolute Gasteiger partial charge is 0.327 e. The fraction of sp³-hybridized carbons (Fsp3) is 0.261. The molecular formula is C23H25N2OS+. The second-order valence-electron chi connectivity index (χ2n) is 7.14. The number of hydrogen-bond donors (Lipinski definition) is 1. The van der Waals surface area contributed by atoms with Gasteiger partial charge in [-0.15, -0.1) is 11.3 Å². The lowest BCUT2D eigenvalue weighted by atomic mass is 9.96. The summed E-state index contributed by atoms with van der Waals surface area (Å²) in [7, 11) is 0. The van der Waals surface area contributed by atoms with Crippen LogP contribution in [0.3, 0.4) is 0 Å². The lowest BCUT2D eigenvalue weighted by molar-refractivity contribution is -0.929. The Labute approximate surface area is 164 Å². The fourth-order valence-electron chi connectivity index (χ4n) is 3.98. The molecule has 0 spiro atoms. The number of aryl methyl sites for hydroxylation is 1. The van der Waals surface area contributed by atoms with Crippen LogP contribution >= 0.6 is 11.3 Å². The molecule has 1 aromatic heterocycles. The van der Waals surface area contributed by atoms with Crippen molar-refractivity contribution in [1.29, 1.82) is 0 Å². The number of amides is 1. The zero-order chi connectivity index (χ0) is 18.6. The molecule has 1 aliphatic heterocycles. The summed E-state index contributed by atoms with van der Waals surface area (Å²) in [5.41, 5.74) is 3.77. The molecule has 0 bridgehead atoms. The van der Waals surface area contributed by atoms with E-state index in [9.17, 15) is 4.79 Å². The maximum atomic E-state index is 12.8. The quantitative estimate of drug-likeness (QED) is 0.742. The predicted octanol–water partition coefficient (Wildman–Crippen LogP) is 3.19. The molecule has 4 heteroatoms. The highest BCUT2D eigenvalue weighted by Crippen LogP contribution is 2.21. The smallest absolute Gasteiger partial charge is 0.264 e. The van der Waals surface area contributed by atoms with Crippen molar-refractivity contribution in [3.05, 3.63) is 93.7 Å². The van der Waals surface area contributed by atoms with Crippen molar-refractivity contribution in [3.8, 4) is 0 Å². The van der Waals surface area contributed by atoms with Gasteiger partial charge in [0.25, 0.3) is 5.91 Å². The van der Waals surface area contributed by atoms with Gasteiger partial charge in [0.15, 0.2) is 0 Å².